The quantitative estimate of drug-likeness (QED) is 0.660. The van der Waals surface area contributed by atoms with Crippen LogP contribution in [0.15, 0.2) is 0 Å². The van der Waals surface area contributed by atoms with Gasteiger partial charge in [-0.15, -0.1) is 0 Å². The molecule has 140 valence electrons. The van der Waals surface area contributed by atoms with Crippen LogP contribution in [-0.4, -0.2) is 43.3 Å². The number of ether oxygens (including phenoxy) is 2. The Balaban J connectivity index is 2.41. The molecule has 1 rings (SSSR count). The van der Waals surface area contributed by atoms with Crippen molar-refractivity contribution in [3.8, 4) is 0 Å². The molecule has 1 amide bonds. The lowest BCUT2D eigenvalue weighted by molar-refractivity contribution is -0.148. The van der Waals surface area contributed by atoms with Crippen molar-refractivity contribution in [2.75, 3.05) is 13.7 Å². The largest absolute Gasteiger partial charge is 0.467 e. The molecule has 0 radical (unpaired) electrons. The molecule has 1 aliphatic rings. The minimum atomic E-state index is -0.785. The monoisotopic (exact) mass is 342 g/mol. The molecule has 0 aromatic rings. The van der Waals surface area contributed by atoms with Gasteiger partial charge in [-0.1, -0.05) is 19.3 Å². The summed E-state index contributed by atoms with van der Waals surface area (Å²) in [6, 6.07) is -0.730. The van der Waals surface area contributed by atoms with Gasteiger partial charge < -0.3 is 20.5 Å². The van der Waals surface area contributed by atoms with Crippen LogP contribution in [-0.2, 0) is 19.1 Å². The zero-order valence-corrected chi connectivity index (χ0v) is 15.6. The molecule has 6 nitrogen and oxygen atoms in total. The highest BCUT2D eigenvalue weighted by atomic mass is 16.5. The summed E-state index contributed by atoms with van der Waals surface area (Å²) >= 11 is 0. The fourth-order valence-corrected chi connectivity index (χ4v) is 3.01. The van der Waals surface area contributed by atoms with E-state index in [0.717, 1.165) is 12.8 Å². The molecule has 6 heteroatoms. The van der Waals surface area contributed by atoms with Gasteiger partial charge in [0.15, 0.2) is 6.04 Å². The molecular weight excluding hydrogens is 308 g/mol. The SMILES string of the molecule is COC(=O)[C@@H](COC(C)(C)C)NC(=O)CC[C@H](N)C1CCCCC1. The Labute approximate surface area is 145 Å². The van der Waals surface area contributed by atoms with Gasteiger partial charge in [-0.2, -0.15) is 0 Å². The van der Waals surface area contributed by atoms with Crippen LogP contribution in [0.25, 0.3) is 0 Å². The predicted octanol–water partition coefficient (Wildman–Crippen LogP) is 2.15. The van der Waals surface area contributed by atoms with E-state index in [1.54, 1.807) is 0 Å². The third-order valence-electron chi connectivity index (χ3n) is 4.46. The Kier molecular flexibility index (Phi) is 8.70. The normalized spacial score (nSPS) is 18.7. The van der Waals surface area contributed by atoms with Crippen LogP contribution in [0.3, 0.4) is 0 Å². The Morgan fingerprint density at radius 3 is 2.38 bits per heavy atom. The molecule has 0 unspecified atom stereocenters. The maximum Gasteiger partial charge on any atom is 0.330 e. The van der Waals surface area contributed by atoms with E-state index in [1.807, 2.05) is 20.8 Å². The molecule has 1 aliphatic carbocycles. The smallest absolute Gasteiger partial charge is 0.330 e. The molecule has 3 N–H and O–H groups in total. The van der Waals surface area contributed by atoms with E-state index in [-0.39, 0.29) is 24.2 Å². The Morgan fingerprint density at radius 1 is 1.21 bits per heavy atom. The zero-order chi connectivity index (χ0) is 18.2. The van der Waals surface area contributed by atoms with E-state index < -0.39 is 12.0 Å². The molecule has 1 fully saturated rings. The summed E-state index contributed by atoms with van der Waals surface area (Å²) in [5.41, 5.74) is 5.84. The number of hydrogen-bond donors (Lipinski definition) is 2. The molecule has 0 saturated heterocycles. The Hall–Kier alpha value is -1.14. The van der Waals surface area contributed by atoms with Crippen molar-refractivity contribution in [1.29, 1.82) is 0 Å². The summed E-state index contributed by atoms with van der Waals surface area (Å²) in [5.74, 6) is -0.162. The summed E-state index contributed by atoms with van der Waals surface area (Å²) in [4.78, 5) is 24.0. The third kappa shape index (κ3) is 8.11. The number of methoxy groups -OCH3 is 1. The summed E-state index contributed by atoms with van der Waals surface area (Å²) in [5, 5.41) is 2.70. The lowest BCUT2D eigenvalue weighted by atomic mass is 9.82. The molecule has 0 aromatic carbocycles. The maximum atomic E-state index is 12.2. The number of esters is 1. The first kappa shape index (κ1) is 20.9. The van der Waals surface area contributed by atoms with Crippen LogP contribution in [0.4, 0.5) is 0 Å². The second kappa shape index (κ2) is 9.99. The fourth-order valence-electron chi connectivity index (χ4n) is 3.01. The van der Waals surface area contributed by atoms with Crippen LogP contribution in [0.1, 0.15) is 65.7 Å². The van der Waals surface area contributed by atoms with E-state index in [4.69, 9.17) is 15.2 Å². The first-order valence-electron chi connectivity index (χ1n) is 8.99. The average Bonchev–Trinajstić information content (AvgIpc) is 2.55. The number of carbonyl (C=O) groups excluding carboxylic acids is 2. The highest BCUT2D eigenvalue weighted by Crippen LogP contribution is 2.27. The van der Waals surface area contributed by atoms with Gasteiger partial charge in [-0.25, -0.2) is 4.79 Å². The average molecular weight is 342 g/mol. The second-order valence-electron chi connectivity index (χ2n) is 7.67. The Morgan fingerprint density at radius 2 is 1.83 bits per heavy atom. The van der Waals surface area contributed by atoms with E-state index in [2.05, 4.69) is 5.32 Å². The third-order valence-corrected chi connectivity index (χ3v) is 4.46. The minimum Gasteiger partial charge on any atom is -0.467 e. The van der Waals surface area contributed by atoms with Crippen molar-refractivity contribution >= 4 is 11.9 Å². The molecule has 0 heterocycles. The number of hydrogen-bond acceptors (Lipinski definition) is 5. The lowest BCUT2D eigenvalue weighted by Crippen LogP contribution is -2.46. The Bertz CT molecular complexity index is 400. The van der Waals surface area contributed by atoms with Crippen molar-refractivity contribution in [2.45, 2.75) is 83.4 Å². The van der Waals surface area contributed by atoms with Crippen molar-refractivity contribution in [2.24, 2.45) is 11.7 Å². The van der Waals surface area contributed by atoms with Gasteiger partial charge in [0.25, 0.3) is 0 Å². The van der Waals surface area contributed by atoms with Crippen LogP contribution in [0, 0.1) is 5.92 Å². The van der Waals surface area contributed by atoms with Crippen molar-refractivity contribution < 1.29 is 19.1 Å². The zero-order valence-electron chi connectivity index (χ0n) is 15.6. The molecule has 2 atom stereocenters. The highest BCUT2D eigenvalue weighted by Gasteiger charge is 2.25. The first-order chi connectivity index (χ1) is 11.2. The fraction of sp³-hybridized carbons (Fsp3) is 0.889. The lowest BCUT2D eigenvalue weighted by Gasteiger charge is -2.27. The van der Waals surface area contributed by atoms with Gasteiger partial charge in [0.05, 0.1) is 19.3 Å². The van der Waals surface area contributed by atoms with E-state index in [1.165, 1.54) is 26.4 Å². The van der Waals surface area contributed by atoms with Gasteiger partial charge in [0.1, 0.15) is 0 Å². The van der Waals surface area contributed by atoms with Gasteiger partial charge in [-0.3, -0.25) is 4.79 Å². The minimum absolute atomic E-state index is 0.0541. The molecule has 0 aliphatic heterocycles. The first-order valence-corrected chi connectivity index (χ1v) is 8.99. The molecule has 1 saturated carbocycles. The summed E-state index contributed by atoms with van der Waals surface area (Å²) in [6.45, 7) is 5.78. The van der Waals surface area contributed by atoms with Gasteiger partial charge in [0.2, 0.25) is 5.91 Å². The maximum absolute atomic E-state index is 12.2. The molecule has 0 bridgehead atoms. The number of nitrogens with two attached hydrogens (primary N) is 1. The second-order valence-corrected chi connectivity index (χ2v) is 7.67. The predicted molar refractivity (Wildman–Crippen MR) is 93.4 cm³/mol. The van der Waals surface area contributed by atoms with Gasteiger partial charge in [-0.05, 0) is 46.0 Å². The number of nitrogens with one attached hydrogen (secondary N) is 1. The molecule has 24 heavy (non-hydrogen) atoms. The van der Waals surface area contributed by atoms with Crippen LogP contribution >= 0.6 is 0 Å². The highest BCUT2D eigenvalue weighted by molar-refractivity contribution is 5.84. The van der Waals surface area contributed by atoms with Gasteiger partial charge >= 0.3 is 5.97 Å². The molecule has 0 aromatic heterocycles. The van der Waals surface area contributed by atoms with Crippen molar-refractivity contribution in [3.05, 3.63) is 0 Å². The van der Waals surface area contributed by atoms with Crippen molar-refractivity contribution in [3.63, 3.8) is 0 Å². The number of rotatable bonds is 8. The van der Waals surface area contributed by atoms with Gasteiger partial charge in [0, 0.05) is 12.5 Å². The van der Waals surface area contributed by atoms with Crippen LogP contribution in [0.2, 0.25) is 0 Å². The standard InChI is InChI=1S/C18H34N2O4/c1-18(2,3)24-12-15(17(22)23-4)20-16(21)11-10-14(19)13-8-6-5-7-9-13/h13-15H,5-12,19H2,1-4H3,(H,20,21)/t14-,15+/m0/s1. The number of carbonyl (C=O) groups is 2. The van der Waals surface area contributed by atoms with Crippen molar-refractivity contribution in [1.82, 2.24) is 5.32 Å². The van der Waals surface area contributed by atoms with Crippen LogP contribution < -0.4 is 11.1 Å². The topological polar surface area (TPSA) is 90.6 Å². The van der Waals surface area contributed by atoms with Crippen LogP contribution in [0.5, 0.6) is 0 Å². The summed E-state index contributed by atoms with van der Waals surface area (Å²) in [6.07, 6.45) is 7.04. The van der Waals surface area contributed by atoms with E-state index in [0.29, 0.717) is 18.8 Å². The summed E-state index contributed by atoms with van der Waals surface area (Å²) in [7, 11) is 1.30. The van der Waals surface area contributed by atoms with E-state index >= 15 is 0 Å². The summed E-state index contributed by atoms with van der Waals surface area (Å²) < 4.78 is 10.3. The molecular formula is C18H34N2O4. The molecule has 0 spiro atoms. The van der Waals surface area contributed by atoms with E-state index in [9.17, 15) is 9.59 Å². The number of amides is 1.